The van der Waals surface area contributed by atoms with Crippen molar-refractivity contribution < 1.29 is 14.3 Å². The average molecular weight is 281 g/mol. The van der Waals surface area contributed by atoms with Crippen LogP contribution in [0.1, 0.15) is 53.9 Å². The lowest BCUT2D eigenvalue weighted by atomic mass is 9.90. The van der Waals surface area contributed by atoms with Crippen molar-refractivity contribution in [3.63, 3.8) is 0 Å². The number of carbonyl (C=O) groups excluding carboxylic acids is 1. The van der Waals surface area contributed by atoms with E-state index in [4.69, 9.17) is 9.47 Å². The van der Waals surface area contributed by atoms with Crippen LogP contribution < -0.4 is 0 Å². The Hall–Kier alpha value is -1.21. The van der Waals surface area contributed by atoms with Gasteiger partial charge in [-0.1, -0.05) is 12.8 Å². The zero-order valence-electron chi connectivity index (χ0n) is 13.4. The quantitative estimate of drug-likeness (QED) is 0.746. The van der Waals surface area contributed by atoms with Gasteiger partial charge in [0.2, 0.25) is 0 Å². The number of ether oxygens (including phenoxy) is 2. The molecule has 0 aromatic heterocycles. The van der Waals surface area contributed by atoms with Gasteiger partial charge in [0.1, 0.15) is 12.2 Å². The van der Waals surface area contributed by atoms with Crippen molar-refractivity contribution in [3.8, 4) is 11.8 Å². The van der Waals surface area contributed by atoms with Gasteiger partial charge in [0.05, 0.1) is 12.1 Å². The Balaban J connectivity index is 2.67. The fourth-order valence-corrected chi connectivity index (χ4v) is 2.35. The van der Waals surface area contributed by atoms with Crippen molar-refractivity contribution in [1.29, 1.82) is 0 Å². The van der Waals surface area contributed by atoms with Gasteiger partial charge in [-0.3, -0.25) is 0 Å². The predicted molar refractivity (Wildman–Crippen MR) is 79.5 cm³/mol. The Labute approximate surface area is 122 Å². The van der Waals surface area contributed by atoms with Gasteiger partial charge in [-0.15, -0.1) is 5.92 Å². The Morgan fingerprint density at radius 1 is 1.40 bits per heavy atom. The summed E-state index contributed by atoms with van der Waals surface area (Å²) < 4.78 is 11.4. The molecule has 1 saturated heterocycles. The Morgan fingerprint density at radius 3 is 2.65 bits per heavy atom. The summed E-state index contributed by atoms with van der Waals surface area (Å²) in [7, 11) is 0. The molecular formula is C16H27NO3. The Morgan fingerprint density at radius 2 is 2.10 bits per heavy atom. The van der Waals surface area contributed by atoms with Crippen LogP contribution in [0.4, 0.5) is 4.79 Å². The van der Waals surface area contributed by atoms with Gasteiger partial charge in [-0.25, -0.2) is 4.79 Å². The highest BCUT2D eigenvalue weighted by Gasteiger charge is 2.37. The molecule has 0 spiro atoms. The van der Waals surface area contributed by atoms with Gasteiger partial charge in [-0.05, 0) is 47.0 Å². The topological polar surface area (TPSA) is 38.8 Å². The summed E-state index contributed by atoms with van der Waals surface area (Å²) in [6.45, 7) is 11.3. The number of piperidine rings is 1. The number of likely N-dealkylation sites (tertiary alicyclic amines) is 1. The van der Waals surface area contributed by atoms with Gasteiger partial charge in [0.25, 0.3) is 0 Å². The van der Waals surface area contributed by atoms with Crippen molar-refractivity contribution in [3.05, 3.63) is 0 Å². The molecule has 1 amide bonds. The van der Waals surface area contributed by atoms with Crippen molar-refractivity contribution in [2.24, 2.45) is 0 Å². The number of carbonyl (C=O) groups is 1. The molecule has 0 N–H and O–H groups in total. The predicted octanol–water partition coefficient (Wildman–Crippen LogP) is 3.21. The third-order valence-electron chi connectivity index (χ3n) is 3.46. The van der Waals surface area contributed by atoms with Gasteiger partial charge >= 0.3 is 6.09 Å². The molecule has 1 fully saturated rings. The summed E-state index contributed by atoms with van der Waals surface area (Å²) in [5.74, 6) is 5.76. The highest BCUT2D eigenvalue weighted by molar-refractivity contribution is 5.68. The number of amides is 1. The van der Waals surface area contributed by atoms with E-state index in [9.17, 15) is 4.79 Å². The highest BCUT2D eigenvalue weighted by atomic mass is 16.6. The maximum Gasteiger partial charge on any atom is 0.410 e. The van der Waals surface area contributed by atoms with Crippen LogP contribution in [0.15, 0.2) is 0 Å². The SMILES string of the molecule is CC#CCOC1(CC)CCCN(C(=O)OC(C)(C)C)C1. The summed E-state index contributed by atoms with van der Waals surface area (Å²) in [5, 5.41) is 0. The first kappa shape index (κ1) is 16.8. The van der Waals surface area contributed by atoms with Crippen molar-refractivity contribution >= 4 is 6.09 Å². The molecule has 0 saturated carbocycles. The summed E-state index contributed by atoms with van der Waals surface area (Å²) >= 11 is 0. The summed E-state index contributed by atoms with van der Waals surface area (Å²) in [4.78, 5) is 13.9. The van der Waals surface area contributed by atoms with Crippen LogP contribution in [0.2, 0.25) is 0 Å². The molecule has 4 nitrogen and oxygen atoms in total. The molecule has 0 aromatic carbocycles. The molecular weight excluding hydrogens is 254 g/mol. The molecule has 20 heavy (non-hydrogen) atoms. The molecule has 114 valence electrons. The van der Waals surface area contributed by atoms with Crippen LogP contribution in [0.5, 0.6) is 0 Å². The van der Waals surface area contributed by atoms with Crippen molar-refractivity contribution in [1.82, 2.24) is 4.90 Å². The summed E-state index contributed by atoms with van der Waals surface area (Å²) in [6, 6.07) is 0. The zero-order valence-corrected chi connectivity index (χ0v) is 13.4. The molecule has 1 aliphatic rings. The van der Waals surface area contributed by atoms with Gasteiger partial charge in [0.15, 0.2) is 0 Å². The van der Waals surface area contributed by atoms with Gasteiger partial charge in [-0.2, -0.15) is 0 Å². The monoisotopic (exact) mass is 281 g/mol. The Kier molecular flexibility index (Phi) is 5.88. The minimum absolute atomic E-state index is 0.250. The van der Waals surface area contributed by atoms with E-state index in [0.29, 0.717) is 13.2 Å². The van der Waals surface area contributed by atoms with Crippen LogP contribution in [0.25, 0.3) is 0 Å². The minimum Gasteiger partial charge on any atom is -0.444 e. The number of hydrogen-bond donors (Lipinski definition) is 0. The minimum atomic E-state index is -0.460. The lowest BCUT2D eigenvalue weighted by Crippen LogP contribution is -2.52. The third-order valence-corrected chi connectivity index (χ3v) is 3.46. The third kappa shape index (κ3) is 5.05. The maximum atomic E-state index is 12.2. The maximum absolute atomic E-state index is 12.2. The van der Waals surface area contributed by atoms with E-state index >= 15 is 0 Å². The molecule has 0 radical (unpaired) electrons. The van der Waals surface area contributed by atoms with E-state index < -0.39 is 5.60 Å². The van der Waals surface area contributed by atoms with Crippen molar-refractivity contribution in [2.75, 3.05) is 19.7 Å². The second kappa shape index (κ2) is 6.99. The van der Waals surface area contributed by atoms with E-state index in [1.807, 2.05) is 20.8 Å². The highest BCUT2D eigenvalue weighted by Crippen LogP contribution is 2.29. The van der Waals surface area contributed by atoms with Gasteiger partial charge < -0.3 is 14.4 Å². The van der Waals surface area contributed by atoms with E-state index in [1.165, 1.54) is 0 Å². The molecule has 0 aliphatic carbocycles. The van der Waals surface area contributed by atoms with Crippen LogP contribution in [0, 0.1) is 11.8 Å². The van der Waals surface area contributed by atoms with E-state index in [0.717, 1.165) is 25.8 Å². The number of rotatable bonds is 3. The van der Waals surface area contributed by atoms with Crippen LogP contribution in [-0.2, 0) is 9.47 Å². The molecule has 1 heterocycles. The molecule has 1 aliphatic heterocycles. The van der Waals surface area contributed by atoms with Gasteiger partial charge in [0, 0.05) is 6.54 Å². The van der Waals surface area contributed by atoms with Crippen molar-refractivity contribution in [2.45, 2.75) is 65.1 Å². The number of hydrogen-bond acceptors (Lipinski definition) is 3. The molecule has 4 heteroatoms. The lowest BCUT2D eigenvalue weighted by molar-refractivity contribution is -0.0820. The van der Waals surface area contributed by atoms with Crippen LogP contribution >= 0.6 is 0 Å². The molecule has 1 unspecified atom stereocenters. The molecule has 0 bridgehead atoms. The summed E-state index contributed by atoms with van der Waals surface area (Å²) in [5.41, 5.74) is -0.739. The zero-order chi connectivity index (χ0) is 15.2. The first-order valence-electron chi connectivity index (χ1n) is 7.33. The van der Waals surface area contributed by atoms with E-state index in [2.05, 4.69) is 18.8 Å². The fourth-order valence-electron chi connectivity index (χ4n) is 2.35. The number of nitrogens with zero attached hydrogens (tertiary/aromatic N) is 1. The van der Waals surface area contributed by atoms with E-state index in [-0.39, 0.29) is 11.7 Å². The largest absolute Gasteiger partial charge is 0.444 e. The van der Waals surface area contributed by atoms with Crippen LogP contribution in [-0.4, -0.2) is 41.9 Å². The standard InChI is InChI=1S/C16H27NO3/c1-6-8-12-19-16(7-2)10-9-11-17(13-16)14(18)20-15(3,4)5/h7,9-13H2,1-5H3. The average Bonchev–Trinajstić information content (AvgIpc) is 2.37. The molecule has 0 aromatic rings. The van der Waals surface area contributed by atoms with Crippen LogP contribution in [0.3, 0.4) is 0 Å². The first-order valence-corrected chi connectivity index (χ1v) is 7.33. The molecule has 1 atom stereocenters. The fraction of sp³-hybridized carbons (Fsp3) is 0.812. The first-order chi connectivity index (χ1) is 9.32. The Bertz CT molecular complexity index is 389. The summed E-state index contributed by atoms with van der Waals surface area (Å²) in [6.07, 6.45) is 2.53. The smallest absolute Gasteiger partial charge is 0.410 e. The second-order valence-corrected chi connectivity index (χ2v) is 6.26. The molecule has 1 rings (SSSR count). The lowest BCUT2D eigenvalue weighted by Gasteiger charge is -2.42. The van der Waals surface area contributed by atoms with E-state index in [1.54, 1.807) is 11.8 Å². The second-order valence-electron chi connectivity index (χ2n) is 6.26. The normalized spacial score (nSPS) is 22.9.